The number of rotatable bonds is 5. The number of carbonyl (C=O) groups is 1. The molecule has 1 amide bonds. The van der Waals surface area contributed by atoms with E-state index in [1.54, 1.807) is 12.1 Å². The van der Waals surface area contributed by atoms with E-state index in [2.05, 4.69) is 6.92 Å². The van der Waals surface area contributed by atoms with Crippen molar-refractivity contribution < 1.29 is 9.18 Å². The lowest BCUT2D eigenvalue weighted by atomic mass is 9.74. The minimum Gasteiger partial charge on any atom is -0.338 e. The van der Waals surface area contributed by atoms with Crippen LogP contribution in [0, 0.1) is 11.7 Å². The molecule has 0 bridgehead atoms. The second-order valence-electron chi connectivity index (χ2n) is 6.69. The van der Waals surface area contributed by atoms with Crippen LogP contribution in [-0.2, 0) is 11.3 Å². The van der Waals surface area contributed by atoms with Gasteiger partial charge in [0.2, 0.25) is 5.91 Å². The molecule has 1 aromatic rings. The third kappa shape index (κ3) is 5.18. The molecule has 0 spiro atoms. The number of nitrogens with zero attached hydrogens (tertiary/aromatic N) is 1. The van der Waals surface area contributed by atoms with Crippen molar-refractivity contribution in [1.82, 2.24) is 4.90 Å². The van der Waals surface area contributed by atoms with Crippen molar-refractivity contribution in [2.24, 2.45) is 11.7 Å². The first-order valence-electron chi connectivity index (χ1n) is 8.26. The van der Waals surface area contributed by atoms with Crippen LogP contribution in [0.4, 0.5) is 4.39 Å². The average Bonchev–Trinajstić information content (AvgIpc) is 2.48. The van der Waals surface area contributed by atoms with E-state index >= 15 is 0 Å². The van der Waals surface area contributed by atoms with Crippen molar-refractivity contribution in [3.63, 3.8) is 0 Å². The maximum atomic E-state index is 13.0. The lowest BCUT2D eigenvalue weighted by Crippen LogP contribution is -2.53. The third-order valence-electron chi connectivity index (χ3n) is 4.64. The Balaban J connectivity index is 0.00000264. The van der Waals surface area contributed by atoms with Gasteiger partial charge in [-0.2, -0.15) is 0 Å². The summed E-state index contributed by atoms with van der Waals surface area (Å²) in [5, 5.41) is 0. The van der Waals surface area contributed by atoms with E-state index in [-0.39, 0.29) is 30.0 Å². The molecular formula is C18H28ClFN2O. The van der Waals surface area contributed by atoms with E-state index in [0.29, 0.717) is 13.1 Å². The largest absolute Gasteiger partial charge is 0.338 e. The van der Waals surface area contributed by atoms with Gasteiger partial charge in [-0.25, -0.2) is 4.39 Å². The molecule has 2 N–H and O–H groups in total. The number of nitrogens with two attached hydrogens (primary N) is 1. The number of hydrogen-bond acceptors (Lipinski definition) is 2. The maximum Gasteiger partial charge on any atom is 0.227 e. The zero-order chi connectivity index (χ0) is 16.2. The van der Waals surface area contributed by atoms with Gasteiger partial charge in [0.1, 0.15) is 5.82 Å². The van der Waals surface area contributed by atoms with Gasteiger partial charge in [-0.3, -0.25) is 4.79 Å². The Hall–Kier alpha value is -1.13. The summed E-state index contributed by atoms with van der Waals surface area (Å²) < 4.78 is 13.0. The van der Waals surface area contributed by atoms with Gasteiger partial charge in [-0.05, 0) is 43.9 Å². The SMILES string of the molecule is CCCN(Cc1ccc(F)cc1)C(=O)C1CCCCC1(C)N.Cl. The third-order valence-corrected chi connectivity index (χ3v) is 4.64. The van der Waals surface area contributed by atoms with Crippen LogP contribution in [0.2, 0.25) is 0 Å². The van der Waals surface area contributed by atoms with E-state index in [1.165, 1.54) is 12.1 Å². The topological polar surface area (TPSA) is 46.3 Å². The van der Waals surface area contributed by atoms with Crippen molar-refractivity contribution >= 4 is 18.3 Å². The molecule has 0 aromatic heterocycles. The molecule has 2 rings (SSSR count). The van der Waals surface area contributed by atoms with Gasteiger partial charge < -0.3 is 10.6 Å². The summed E-state index contributed by atoms with van der Waals surface area (Å²) in [4.78, 5) is 14.8. The van der Waals surface area contributed by atoms with E-state index < -0.39 is 5.54 Å². The molecule has 0 heterocycles. The van der Waals surface area contributed by atoms with E-state index in [1.807, 2.05) is 11.8 Å². The normalized spacial score (nSPS) is 23.9. The zero-order valence-corrected chi connectivity index (χ0v) is 14.9. The average molecular weight is 343 g/mol. The van der Waals surface area contributed by atoms with E-state index in [0.717, 1.165) is 37.7 Å². The van der Waals surface area contributed by atoms with Gasteiger partial charge >= 0.3 is 0 Å². The molecule has 3 nitrogen and oxygen atoms in total. The highest BCUT2D eigenvalue weighted by Gasteiger charge is 2.39. The lowest BCUT2D eigenvalue weighted by Gasteiger charge is -2.40. The van der Waals surface area contributed by atoms with Crippen molar-refractivity contribution in [2.75, 3.05) is 6.54 Å². The number of halogens is 2. The Labute approximate surface area is 144 Å². The number of benzene rings is 1. The molecule has 2 atom stereocenters. The molecule has 1 aliphatic rings. The predicted molar refractivity (Wildman–Crippen MR) is 93.9 cm³/mol. The van der Waals surface area contributed by atoms with Crippen molar-refractivity contribution in [2.45, 2.75) is 58.0 Å². The quantitative estimate of drug-likeness (QED) is 0.882. The fraction of sp³-hybridized carbons (Fsp3) is 0.611. The fourth-order valence-electron chi connectivity index (χ4n) is 3.33. The number of hydrogen-bond donors (Lipinski definition) is 1. The highest BCUT2D eigenvalue weighted by atomic mass is 35.5. The highest BCUT2D eigenvalue weighted by Crippen LogP contribution is 2.33. The van der Waals surface area contributed by atoms with Crippen LogP contribution in [0.25, 0.3) is 0 Å². The first kappa shape index (κ1) is 19.9. The van der Waals surface area contributed by atoms with Gasteiger partial charge in [0.05, 0.1) is 5.92 Å². The van der Waals surface area contributed by atoms with E-state index in [4.69, 9.17) is 5.73 Å². The van der Waals surface area contributed by atoms with Crippen molar-refractivity contribution in [3.05, 3.63) is 35.6 Å². The Morgan fingerprint density at radius 2 is 2.00 bits per heavy atom. The van der Waals surface area contributed by atoms with Gasteiger partial charge in [0.15, 0.2) is 0 Å². The molecule has 2 unspecified atom stereocenters. The smallest absolute Gasteiger partial charge is 0.227 e. The van der Waals surface area contributed by atoms with Crippen molar-refractivity contribution in [3.8, 4) is 0 Å². The second kappa shape index (κ2) is 8.65. The standard InChI is InChI=1S/C18H27FN2O.ClH/c1-3-12-21(13-14-7-9-15(19)10-8-14)17(22)16-6-4-5-11-18(16,2)20;/h7-10,16H,3-6,11-13,20H2,1-2H3;1H. The molecule has 23 heavy (non-hydrogen) atoms. The van der Waals surface area contributed by atoms with Crippen molar-refractivity contribution in [1.29, 1.82) is 0 Å². The summed E-state index contributed by atoms with van der Waals surface area (Å²) >= 11 is 0. The van der Waals surface area contributed by atoms with Gasteiger partial charge in [0, 0.05) is 18.6 Å². The summed E-state index contributed by atoms with van der Waals surface area (Å²) in [6, 6.07) is 6.37. The summed E-state index contributed by atoms with van der Waals surface area (Å²) in [6.45, 7) is 5.30. The van der Waals surface area contributed by atoms with Crippen LogP contribution in [0.1, 0.15) is 51.5 Å². The zero-order valence-electron chi connectivity index (χ0n) is 14.1. The summed E-state index contributed by atoms with van der Waals surface area (Å²) in [6.07, 6.45) is 4.85. The van der Waals surface area contributed by atoms with E-state index in [9.17, 15) is 9.18 Å². The highest BCUT2D eigenvalue weighted by molar-refractivity contribution is 5.85. The Kier molecular flexibility index (Phi) is 7.49. The molecule has 5 heteroatoms. The Morgan fingerprint density at radius 3 is 2.57 bits per heavy atom. The summed E-state index contributed by atoms with van der Waals surface area (Å²) in [5.74, 6) is -0.206. The number of amides is 1. The predicted octanol–water partition coefficient (Wildman–Crippen LogP) is 3.89. The molecule has 130 valence electrons. The van der Waals surface area contributed by atoms with Crippen LogP contribution in [-0.4, -0.2) is 22.9 Å². The first-order valence-corrected chi connectivity index (χ1v) is 8.26. The maximum absolute atomic E-state index is 13.0. The molecule has 0 saturated heterocycles. The number of carbonyl (C=O) groups excluding carboxylic acids is 1. The lowest BCUT2D eigenvalue weighted by molar-refractivity contribution is -0.139. The summed E-state index contributed by atoms with van der Waals surface area (Å²) in [7, 11) is 0. The van der Waals surface area contributed by atoms with Crippen LogP contribution in [0.3, 0.4) is 0 Å². The molecule has 1 saturated carbocycles. The monoisotopic (exact) mass is 342 g/mol. The van der Waals surface area contributed by atoms with Gasteiger partial charge in [-0.15, -0.1) is 12.4 Å². The minimum atomic E-state index is -0.413. The second-order valence-corrected chi connectivity index (χ2v) is 6.69. The van der Waals surface area contributed by atoms with Crippen LogP contribution >= 0.6 is 12.4 Å². The Morgan fingerprint density at radius 1 is 1.35 bits per heavy atom. The van der Waals surface area contributed by atoms with Crippen LogP contribution in [0.15, 0.2) is 24.3 Å². The molecular weight excluding hydrogens is 315 g/mol. The molecule has 1 aliphatic carbocycles. The molecule has 1 fully saturated rings. The molecule has 0 aliphatic heterocycles. The molecule has 0 radical (unpaired) electrons. The van der Waals surface area contributed by atoms with Crippen LogP contribution < -0.4 is 5.73 Å². The van der Waals surface area contributed by atoms with Crippen LogP contribution in [0.5, 0.6) is 0 Å². The summed E-state index contributed by atoms with van der Waals surface area (Å²) in [5.41, 5.74) is 6.92. The fourth-order valence-corrected chi connectivity index (χ4v) is 3.33. The van der Waals surface area contributed by atoms with Gasteiger partial charge in [-0.1, -0.05) is 31.9 Å². The minimum absolute atomic E-state index is 0. The Bertz CT molecular complexity index is 504. The van der Waals surface area contributed by atoms with Gasteiger partial charge in [0.25, 0.3) is 0 Å². The first-order chi connectivity index (χ1) is 10.4. The molecule has 1 aromatic carbocycles.